The van der Waals surface area contributed by atoms with E-state index in [9.17, 15) is 4.79 Å². The van der Waals surface area contributed by atoms with Crippen LogP contribution >= 0.6 is 0 Å². The summed E-state index contributed by atoms with van der Waals surface area (Å²) in [6.07, 6.45) is 5.92. The Balaban J connectivity index is 2.00. The maximum Gasteiger partial charge on any atom is 0.302 e. The van der Waals surface area contributed by atoms with E-state index in [0.717, 1.165) is 31.4 Å². The molecule has 1 rings (SSSR count). The fourth-order valence-electron chi connectivity index (χ4n) is 1.35. The summed E-state index contributed by atoms with van der Waals surface area (Å²) in [5, 5.41) is 0. The SMILES string of the molecule is CC(=O)OCCCCCc1ccccn1. The summed E-state index contributed by atoms with van der Waals surface area (Å²) in [7, 11) is 0. The van der Waals surface area contributed by atoms with E-state index in [-0.39, 0.29) is 5.97 Å². The molecule has 0 spiro atoms. The molecule has 0 bridgehead atoms. The van der Waals surface area contributed by atoms with Gasteiger partial charge in [0.2, 0.25) is 0 Å². The van der Waals surface area contributed by atoms with E-state index in [0.29, 0.717) is 6.61 Å². The summed E-state index contributed by atoms with van der Waals surface area (Å²) >= 11 is 0. The largest absolute Gasteiger partial charge is 0.466 e. The van der Waals surface area contributed by atoms with Gasteiger partial charge in [-0.3, -0.25) is 9.78 Å². The van der Waals surface area contributed by atoms with Crippen LogP contribution in [0.1, 0.15) is 31.9 Å². The van der Waals surface area contributed by atoms with Crippen molar-refractivity contribution in [2.75, 3.05) is 6.61 Å². The minimum absolute atomic E-state index is 0.195. The second-order valence-corrected chi connectivity index (χ2v) is 3.47. The van der Waals surface area contributed by atoms with Crippen LogP contribution in [0.25, 0.3) is 0 Å². The quantitative estimate of drug-likeness (QED) is 0.531. The van der Waals surface area contributed by atoms with E-state index in [1.54, 1.807) is 0 Å². The highest BCUT2D eigenvalue weighted by molar-refractivity contribution is 5.65. The third kappa shape index (κ3) is 5.83. The number of aryl methyl sites for hydroxylation is 1. The Labute approximate surface area is 90.5 Å². The Kier molecular flexibility index (Phi) is 5.44. The van der Waals surface area contributed by atoms with Crippen molar-refractivity contribution in [1.82, 2.24) is 4.98 Å². The van der Waals surface area contributed by atoms with E-state index < -0.39 is 0 Å². The lowest BCUT2D eigenvalue weighted by molar-refractivity contribution is -0.141. The van der Waals surface area contributed by atoms with Crippen LogP contribution in [0.15, 0.2) is 24.4 Å². The number of carbonyl (C=O) groups is 1. The third-order valence-electron chi connectivity index (χ3n) is 2.11. The summed E-state index contributed by atoms with van der Waals surface area (Å²) in [5.41, 5.74) is 1.13. The minimum Gasteiger partial charge on any atom is -0.466 e. The molecule has 82 valence electrons. The van der Waals surface area contributed by atoms with Gasteiger partial charge in [-0.25, -0.2) is 0 Å². The maximum absolute atomic E-state index is 10.5. The predicted molar refractivity (Wildman–Crippen MR) is 58.4 cm³/mol. The zero-order valence-electron chi connectivity index (χ0n) is 9.11. The molecular weight excluding hydrogens is 190 g/mol. The summed E-state index contributed by atoms with van der Waals surface area (Å²) < 4.78 is 4.84. The van der Waals surface area contributed by atoms with Crippen LogP contribution in [-0.4, -0.2) is 17.6 Å². The molecule has 1 heterocycles. The fraction of sp³-hybridized carbons (Fsp3) is 0.500. The van der Waals surface area contributed by atoms with Gasteiger partial charge in [-0.05, 0) is 37.8 Å². The number of ether oxygens (including phenoxy) is 1. The lowest BCUT2D eigenvalue weighted by Gasteiger charge is -2.02. The van der Waals surface area contributed by atoms with Gasteiger partial charge < -0.3 is 4.74 Å². The van der Waals surface area contributed by atoms with Crippen LogP contribution in [0, 0.1) is 0 Å². The zero-order chi connectivity index (χ0) is 10.9. The van der Waals surface area contributed by atoms with E-state index in [4.69, 9.17) is 4.74 Å². The molecule has 0 aliphatic rings. The molecule has 0 saturated carbocycles. The Morgan fingerprint density at radius 2 is 2.20 bits per heavy atom. The zero-order valence-corrected chi connectivity index (χ0v) is 9.11. The van der Waals surface area contributed by atoms with Gasteiger partial charge in [0.25, 0.3) is 0 Å². The van der Waals surface area contributed by atoms with Crippen molar-refractivity contribution in [2.45, 2.75) is 32.6 Å². The van der Waals surface area contributed by atoms with E-state index in [2.05, 4.69) is 4.98 Å². The lowest BCUT2D eigenvalue weighted by Crippen LogP contribution is -2.00. The van der Waals surface area contributed by atoms with Crippen molar-refractivity contribution >= 4 is 5.97 Å². The highest BCUT2D eigenvalue weighted by Gasteiger charge is 1.95. The van der Waals surface area contributed by atoms with Crippen LogP contribution in [0.3, 0.4) is 0 Å². The molecule has 0 aliphatic carbocycles. The molecule has 0 unspecified atom stereocenters. The highest BCUT2D eigenvalue weighted by Crippen LogP contribution is 2.03. The van der Waals surface area contributed by atoms with Crippen LogP contribution in [0.2, 0.25) is 0 Å². The molecule has 0 radical (unpaired) electrons. The number of aromatic nitrogens is 1. The molecule has 1 aromatic heterocycles. The summed E-state index contributed by atoms with van der Waals surface area (Å²) in [6, 6.07) is 5.96. The van der Waals surface area contributed by atoms with Gasteiger partial charge >= 0.3 is 5.97 Å². The summed E-state index contributed by atoms with van der Waals surface area (Å²) in [5.74, 6) is -0.195. The molecule has 0 aliphatic heterocycles. The first-order chi connectivity index (χ1) is 7.29. The first-order valence-electron chi connectivity index (χ1n) is 5.32. The Bertz CT molecular complexity index is 285. The molecule has 0 aromatic carbocycles. The fourth-order valence-corrected chi connectivity index (χ4v) is 1.35. The van der Waals surface area contributed by atoms with Gasteiger partial charge in [0, 0.05) is 18.8 Å². The molecule has 0 atom stereocenters. The number of hydrogen-bond acceptors (Lipinski definition) is 3. The average Bonchev–Trinajstić information content (AvgIpc) is 2.24. The minimum atomic E-state index is -0.195. The lowest BCUT2D eigenvalue weighted by atomic mass is 10.1. The van der Waals surface area contributed by atoms with Gasteiger partial charge in [-0.15, -0.1) is 0 Å². The number of carbonyl (C=O) groups excluding carboxylic acids is 1. The van der Waals surface area contributed by atoms with Crippen molar-refractivity contribution < 1.29 is 9.53 Å². The first-order valence-corrected chi connectivity index (χ1v) is 5.32. The average molecular weight is 207 g/mol. The molecule has 15 heavy (non-hydrogen) atoms. The predicted octanol–water partition coefficient (Wildman–Crippen LogP) is 2.36. The van der Waals surface area contributed by atoms with Crippen molar-refractivity contribution in [3.63, 3.8) is 0 Å². The summed E-state index contributed by atoms with van der Waals surface area (Å²) in [6.45, 7) is 1.98. The van der Waals surface area contributed by atoms with Gasteiger partial charge in [0.05, 0.1) is 6.61 Å². The topological polar surface area (TPSA) is 39.2 Å². The Morgan fingerprint density at radius 3 is 2.87 bits per heavy atom. The van der Waals surface area contributed by atoms with Crippen molar-refractivity contribution in [3.05, 3.63) is 30.1 Å². The number of pyridine rings is 1. The third-order valence-corrected chi connectivity index (χ3v) is 2.11. The Morgan fingerprint density at radius 1 is 1.33 bits per heavy atom. The van der Waals surface area contributed by atoms with Crippen LogP contribution in [0.4, 0.5) is 0 Å². The number of hydrogen-bond donors (Lipinski definition) is 0. The number of rotatable bonds is 6. The molecule has 3 heteroatoms. The first kappa shape index (κ1) is 11.7. The van der Waals surface area contributed by atoms with Crippen molar-refractivity contribution in [2.24, 2.45) is 0 Å². The normalized spacial score (nSPS) is 9.93. The van der Waals surface area contributed by atoms with Gasteiger partial charge in [0.1, 0.15) is 0 Å². The van der Waals surface area contributed by atoms with Crippen molar-refractivity contribution in [1.29, 1.82) is 0 Å². The molecule has 0 saturated heterocycles. The van der Waals surface area contributed by atoms with Crippen molar-refractivity contribution in [3.8, 4) is 0 Å². The Hall–Kier alpha value is -1.38. The molecule has 1 aromatic rings. The molecule has 3 nitrogen and oxygen atoms in total. The molecule has 0 amide bonds. The monoisotopic (exact) mass is 207 g/mol. The highest BCUT2D eigenvalue weighted by atomic mass is 16.5. The second-order valence-electron chi connectivity index (χ2n) is 3.47. The molecule has 0 fully saturated rings. The van der Waals surface area contributed by atoms with Crippen LogP contribution in [0.5, 0.6) is 0 Å². The number of nitrogens with zero attached hydrogens (tertiary/aromatic N) is 1. The maximum atomic E-state index is 10.5. The second kappa shape index (κ2) is 6.98. The van der Waals surface area contributed by atoms with Gasteiger partial charge in [0.15, 0.2) is 0 Å². The van der Waals surface area contributed by atoms with E-state index in [1.165, 1.54) is 6.92 Å². The van der Waals surface area contributed by atoms with Gasteiger partial charge in [-0.2, -0.15) is 0 Å². The van der Waals surface area contributed by atoms with Gasteiger partial charge in [-0.1, -0.05) is 6.07 Å². The summed E-state index contributed by atoms with van der Waals surface area (Å²) in [4.78, 5) is 14.7. The standard InChI is InChI=1S/C12H17NO2/c1-11(14)15-10-6-2-3-7-12-8-4-5-9-13-12/h4-5,8-9H,2-3,6-7,10H2,1H3. The van der Waals surface area contributed by atoms with E-state index in [1.807, 2.05) is 24.4 Å². The molecular formula is C12H17NO2. The number of unbranched alkanes of at least 4 members (excludes halogenated alkanes) is 2. The van der Waals surface area contributed by atoms with Crippen LogP contribution < -0.4 is 0 Å². The molecule has 0 N–H and O–H groups in total. The number of esters is 1. The van der Waals surface area contributed by atoms with E-state index >= 15 is 0 Å². The van der Waals surface area contributed by atoms with Crippen LogP contribution in [-0.2, 0) is 16.0 Å². The smallest absolute Gasteiger partial charge is 0.302 e.